The summed E-state index contributed by atoms with van der Waals surface area (Å²) in [5, 5.41) is 0. The van der Waals surface area contributed by atoms with E-state index in [4.69, 9.17) is 4.74 Å². The zero-order chi connectivity index (χ0) is 8.74. The van der Waals surface area contributed by atoms with E-state index in [0.29, 0.717) is 5.41 Å². The largest absolute Gasteiger partial charge is 0.384 e. The van der Waals surface area contributed by atoms with Gasteiger partial charge in [0.2, 0.25) is 0 Å². The van der Waals surface area contributed by atoms with Gasteiger partial charge in [0.05, 0.1) is 6.61 Å². The van der Waals surface area contributed by atoms with Crippen LogP contribution in [0.4, 0.5) is 0 Å². The monoisotopic (exact) mass is 156 g/mol. The summed E-state index contributed by atoms with van der Waals surface area (Å²) in [6, 6.07) is 0. The highest BCUT2D eigenvalue weighted by Gasteiger charge is 2.15. The number of rotatable bonds is 5. The van der Waals surface area contributed by atoms with Gasteiger partial charge in [-0.25, -0.2) is 0 Å². The first-order chi connectivity index (χ1) is 5.12. The third-order valence-electron chi connectivity index (χ3n) is 1.76. The van der Waals surface area contributed by atoms with Gasteiger partial charge in [0.15, 0.2) is 0 Å². The molecule has 0 radical (unpaired) electrons. The molecule has 0 N–H and O–H groups in total. The Bertz CT molecular complexity index is 114. The van der Waals surface area contributed by atoms with Crippen molar-refractivity contribution in [2.75, 3.05) is 13.7 Å². The lowest BCUT2D eigenvalue weighted by Crippen LogP contribution is -2.17. The lowest BCUT2D eigenvalue weighted by atomic mass is 9.89. The molecule has 0 amide bonds. The van der Waals surface area contributed by atoms with Crippen LogP contribution in [0.5, 0.6) is 0 Å². The van der Waals surface area contributed by atoms with E-state index in [1.807, 2.05) is 0 Å². The number of allylic oxidation sites excluding steroid dienone is 2. The third kappa shape index (κ3) is 6.11. The minimum absolute atomic E-state index is 0.328. The highest BCUT2D eigenvalue weighted by atomic mass is 16.5. The SMILES string of the molecule is C/C=C/CCC(C)(C)COC. The molecule has 66 valence electrons. The number of hydrogen-bond donors (Lipinski definition) is 0. The molecule has 0 aromatic rings. The zero-order valence-electron chi connectivity index (χ0n) is 8.18. The fraction of sp³-hybridized carbons (Fsp3) is 0.800. The Balaban J connectivity index is 3.54. The van der Waals surface area contributed by atoms with Gasteiger partial charge in [0, 0.05) is 7.11 Å². The summed E-state index contributed by atoms with van der Waals surface area (Å²) in [4.78, 5) is 0. The van der Waals surface area contributed by atoms with Gasteiger partial charge in [0.25, 0.3) is 0 Å². The smallest absolute Gasteiger partial charge is 0.0513 e. The first kappa shape index (κ1) is 10.7. The Morgan fingerprint density at radius 2 is 2.00 bits per heavy atom. The molecule has 0 aliphatic rings. The second kappa shape index (κ2) is 5.36. The van der Waals surface area contributed by atoms with E-state index in [1.165, 1.54) is 6.42 Å². The molecule has 0 atom stereocenters. The van der Waals surface area contributed by atoms with Gasteiger partial charge in [-0.1, -0.05) is 26.0 Å². The molecule has 0 aliphatic carbocycles. The van der Waals surface area contributed by atoms with Crippen molar-refractivity contribution in [3.63, 3.8) is 0 Å². The van der Waals surface area contributed by atoms with Crippen molar-refractivity contribution in [1.82, 2.24) is 0 Å². The van der Waals surface area contributed by atoms with Crippen LogP contribution in [0.3, 0.4) is 0 Å². The molecule has 0 rings (SSSR count). The van der Waals surface area contributed by atoms with Crippen molar-refractivity contribution in [2.45, 2.75) is 33.6 Å². The van der Waals surface area contributed by atoms with Gasteiger partial charge in [-0.3, -0.25) is 0 Å². The zero-order valence-corrected chi connectivity index (χ0v) is 8.18. The number of ether oxygens (including phenoxy) is 1. The van der Waals surface area contributed by atoms with E-state index in [1.54, 1.807) is 7.11 Å². The average Bonchev–Trinajstić information content (AvgIpc) is 1.87. The van der Waals surface area contributed by atoms with Crippen LogP contribution in [0.1, 0.15) is 33.6 Å². The van der Waals surface area contributed by atoms with Gasteiger partial charge in [-0.15, -0.1) is 0 Å². The highest BCUT2D eigenvalue weighted by molar-refractivity contribution is 4.80. The molecule has 0 saturated carbocycles. The minimum atomic E-state index is 0.328. The third-order valence-corrected chi connectivity index (χ3v) is 1.76. The van der Waals surface area contributed by atoms with Crippen LogP contribution in [0, 0.1) is 5.41 Å². The molecule has 0 aliphatic heterocycles. The molecule has 0 aromatic heterocycles. The minimum Gasteiger partial charge on any atom is -0.384 e. The maximum atomic E-state index is 5.11. The summed E-state index contributed by atoms with van der Waals surface area (Å²) in [6.45, 7) is 7.38. The Morgan fingerprint density at radius 1 is 1.36 bits per heavy atom. The Hall–Kier alpha value is -0.300. The van der Waals surface area contributed by atoms with E-state index in [-0.39, 0.29) is 0 Å². The number of methoxy groups -OCH3 is 1. The predicted octanol–water partition coefficient (Wildman–Crippen LogP) is 3.02. The Labute approximate surface area is 70.4 Å². The maximum absolute atomic E-state index is 5.11. The highest BCUT2D eigenvalue weighted by Crippen LogP contribution is 2.22. The molecule has 0 aromatic carbocycles. The molecule has 0 heterocycles. The number of hydrogen-bond acceptors (Lipinski definition) is 1. The molecular weight excluding hydrogens is 136 g/mol. The topological polar surface area (TPSA) is 9.23 Å². The predicted molar refractivity (Wildman–Crippen MR) is 49.7 cm³/mol. The molecule has 0 unspecified atom stereocenters. The van der Waals surface area contributed by atoms with E-state index in [2.05, 4.69) is 32.9 Å². The molecule has 1 nitrogen and oxygen atoms in total. The van der Waals surface area contributed by atoms with Gasteiger partial charge in [-0.2, -0.15) is 0 Å². The van der Waals surface area contributed by atoms with Gasteiger partial charge < -0.3 is 4.74 Å². The normalized spacial score (nSPS) is 12.7. The van der Waals surface area contributed by atoms with Crippen molar-refractivity contribution in [2.24, 2.45) is 5.41 Å². The lowest BCUT2D eigenvalue weighted by molar-refractivity contribution is 0.0990. The van der Waals surface area contributed by atoms with Crippen molar-refractivity contribution in [3.05, 3.63) is 12.2 Å². The standard InChI is InChI=1S/C10H20O/c1-5-6-7-8-10(2,3)9-11-4/h5-6H,7-9H2,1-4H3/b6-5+. The second-order valence-corrected chi connectivity index (χ2v) is 3.70. The second-order valence-electron chi connectivity index (χ2n) is 3.70. The summed E-state index contributed by atoms with van der Waals surface area (Å²) in [5.41, 5.74) is 0.328. The van der Waals surface area contributed by atoms with Gasteiger partial charge >= 0.3 is 0 Å². The molecule has 0 saturated heterocycles. The first-order valence-corrected chi connectivity index (χ1v) is 4.22. The molecule has 0 bridgehead atoms. The van der Waals surface area contributed by atoms with Crippen LogP contribution in [0.25, 0.3) is 0 Å². The van der Waals surface area contributed by atoms with E-state index in [0.717, 1.165) is 13.0 Å². The van der Waals surface area contributed by atoms with Crippen LogP contribution in [-0.4, -0.2) is 13.7 Å². The average molecular weight is 156 g/mol. The van der Waals surface area contributed by atoms with E-state index < -0.39 is 0 Å². The van der Waals surface area contributed by atoms with Gasteiger partial charge in [-0.05, 0) is 25.2 Å². The van der Waals surface area contributed by atoms with E-state index >= 15 is 0 Å². The Morgan fingerprint density at radius 3 is 2.45 bits per heavy atom. The first-order valence-electron chi connectivity index (χ1n) is 4.22. The molecule has 0 spiro atoms. The summed E-state index contributed by atoms with van der Waals surface area (Å²) < 4.78 is 5.11. The van der Waals surface area contributed by atoms with Crippen molar-refractivity contribution >= 4 is 0 Å². The maximum Gasteiger partial charge on any atom is 0.0513 e. The quantitative estimate of drug-likeness (QED) is 0.556. The van der Waals surface area contributed by atoms with Crippen LogP contribution in [0.15, 0.2) is 12.2 Å². The van der Waals surface area contributed by atoms with Crippen LogP contribution >= 0.6 is 0 Å². The van der Waals surface area contributed by atoms with Crippen LogP contribution < -0.4 is 0 Å². The van der Waals surface area contributed by atoms with Crippen molar-refractivity contribution in [3.8, 4) is 0 Å². The van der Waals surface area contributed by atoms with Crippen molar-refractivity contribution < 1.29 is 4.74 Å². The fourth-order valence-electron chi connectivity index (χ4n) is 1.10. The molecule has 11 heavy (non-hydrogen) atoms. The summed E-state index contributed by atoms with van der Waals surface area (Å²) in [7, 11) is 1.76. The molecule has 0 fully saturated rings. The van der Waals surface area contributed by atoms with Crippen LogP contribution in [-0.2, 0) is 4.74 Å². The summed E-state index contributed by atoms with van der Waals surface area (Å²) >= 11 is 0. The fourth-order valence-corrected chi connectivity index (χ4v) is 1.10. The van der Waals surface area contributed by atoms with Gasteiger partial charge in [0.1, 0.15) is 0 Å². The summed E-state index contributed by atoms with van der Waals surface area (Å²) in [5.74, 6) is 0. The Kier molecular flexibility index (Phi) is 5.22. The molecule has 1 heteroatoms. The molecular formula is C10H20O. The lowest BCUT2D eigenvalue weighted by Gasteiger charge is -2.22. The van der Waals surface area contributed by atoms with Crippen molar-refractivity contribution in [1.29, 1.82) is 0 Å². The van der Waals surface area contributed by atoms with E-state index in [9.17, 15) is 0 Å². The summed E-state index contributed by atoms with van der Waals surface area (Å²) in [6.07, 6.45) is 6.67. The van der Waals surface area contributed by atoms with Crippen LogP contribution in [0.2, 0.25) is 0 Å².